The molecule has 0 spiro atoms. The van der Waals surface area contributed by atoms with Crippen molar-refractivity contribution >= 4 is 17.5 Å². The molecule has 2 aliphatic rings. The number of H-pyrrole nitrogens is 1. The topological polar surface area (TPSA) is 90.5 Å². The summed E-state index contributed by atoms with van der Waals surface area (Å²) in [5.74, 6) is -0.240. The number of nitrogens with one attached hydrogen (secondary N) is 2. The summed E-state index contributed by atoms with van der Waals surface area (Å²) >= 11 is 0. The Kier molecular flexibility index (Phi) is 2.58. The minimum atomic E-state index is -0.138. The van der Waals surface area contributed by atoms with Crippen LogP contribution >= 0.6 is 0 Å². The molecule has 2 amide bonds. The number of fused-ring (bicyclic) bond motifs is 1. The van der Waals surface area contributed by atoms with Crippen LogP contribution in [0.15, 0.2) is 11.4 Å². The normalized spacial score (nSPS) is 19.0. The predicted molar refractivity (Wildman–Crippen MR) is 62.5 cm³/mol. The maximum absolute atomic E-state index is 12.2. The third-order valence-electron chi connectivity index (χ3n) is 3.21. The Morgan fingerprint density at radius 2 is 2.22 bits per heavy atom. The molecule has 0 saturated carbocycles. The molecule has 2 N–H and O–H groups in total. The van der Waals surface area contributed by atoms with Crippen molar-refractivity contribution in [1.29, 1.82) is 0 Å². The van der Waals surface area contributed by atoms with E-state index in [0.717, 1.165) is 17.8 Å². The highest BCUT2D eigenvalue weighted by Crippen LogP contribution is 2.16. The smallest absolute Gasteiger partial charge is 0.270 e. The van der Waals surface area contributed by atoms with Gasteiger partial charge < -0.3 is 9.88 Å². The lowest BCUT2D eigenvalue weighted by Crippen LogP contribution is -2.42. The zero-order valence-electron chi connectivity index (χ0n) is 9.77. The number of hydrogen-bond donors (Lipinski definition) is 2. The third kappa shape index (κ3) is 1.87. The molecule has 7 nitrogen and oxygen atoms in total. The number of nitrogens with zero attached hydrogens (tertiary/aromatic N) is 3. The monoisotopic (exact) mass is 247 g/mol. The number of hydrogen-bond acceptors (Lipinski definition) is 4. The van der Waals surface area contributed by atoms with Crippen molar-refractivity contribution in [1.82, 2.24) is 20.3 Å². The summed E-state index contributed by atoms with van der Waals surface area (Å²) in [4.78, 5) is 32.1. The van der Waals surface area contributed by atoms with E-state index < -0.39 is 0 Å². The summed E-state index contributed by atoms with van der Waals surface area (Å²) in [7, 11) is 0. The fourth-order valence-electron chi connectivity index (χ4n) is 2.20. The first-order chi connectivity index (χ1) is 8.74. The van der Waals surface area contributed by atoms with Crippen LogP contribution in [0.5, 0.6) is 0 Å². The minimum absolute atomic E-state index is 0.102. The van der Waals surface area contributed by atoms with Crippen LogP contribution in [-0.4, -0.2) is 38.9 Å². The lowest BCUT2D eigenvalue weighted by molar-refractivity contribution is -0.125. The molecule has 0 bridgehead atoms. The molecule has 2 aliphatic heterocycles. The summed E-state index contributed by atoms with van der Waals surface area (Å²) in [6.45, 7) is 1.17. The van der Waals surface area contributed by atoms with Gasteiger partial charge in [0.15, 0.2) is 0 Å². The highest BCUT2D eigenvalue weighted by atomic mass is 16.2. The van der Waals surface area contributed by atoms with Crippen molar-refractivity contribution in [2.75, 3.05) is 6.54 Å². The van der Waals surface area contributed by atoms with Crippen LogP contribution in [0.25, 0.3) is 0 Å². The van der Waals surface area contributed by atoms with Gasteiger partial charge in [-0.3, -0.25) is 9.59 Å². The quantitative estimate of drug-likeness (QED) is 0.705. The number of aromatic amines is 1. The SMILES string of the molecule is O=C1CCC(C(=O)N2CCc3nc[nH]c3C2)=NN1. The molecule has 3 heterocycles. The lowest BCUT2D eigenvalue weighted by Gasteiger charge is -2.27. The first-order valence-electron chi connectivity index (χ1n) is 5.90. The number of hydrazone groups is 1. The lowest BCUT2D eigenvalue weighted by atomic mass is 10.1. The summed E-state index contributed by atoms with van der Waals surface area (Å²) < 4.78 is 0. The van der Waals surface area contributed by atoms with Crippen LogP contribution in [0.3, 0.4) is 0 Å². The number of carbonyl (C=O) groups is 2. The van der Waals surface area contributed by atoms with Crippen LogP contribution in [-0.2, 0) is 22.6 Å². The van der Waals surface area contributed by atoms with Gasteiger partial charge in [0.2, 0.25) is 5.91 Å². The second-order valence-corrected chi connectivity index (χ2v) is 4.40. The summed E-state index contributed by atoms with van der Waals surface area (Å²) in [6.07, 6.45) is 3.14. The highest BCUT2D eigenvalue weighted by molar-refractivity contribution is 6.39. The van der Waals surface area contributed by atoms with E-state index in [9.17, 15) is 9.59 Å². The average Bonchev–Trinajstić information content (AvgIpc) is 2.86. The Morgan fingerprint density at radius 3 is 3.00 bits per heavy atom. The zero-order valence-corrected chi connectivity index (χ0v) is 9.77. The van der Waals surface area contributed by atoms with Gasteiger partial charge in [-0.1, -0.05) is 0 Å². The Hall–Kier alpha value is -2.18. The van der Waals surface area contributed by atoms with Gasteiger partial charge in [0.05, 0.1) is 24.3 Å². The first kappa shape index (κ1) is 10.9. The van der Waals surface area contributed by atoms with Crippen molar-refractivity contribution in [2.24, 2.45) is 5.10 Å². The molecule has 0 radical (unpaired) electrons. The van der Waals surface area contributed by atoms with Gasteiger partial charge in [0, 0.05) is 25.8 Å². The van der Waals surface area contributed by atoms with Gasteiger partial charge in [-0.25, -0.2) is 10.4 Å². The van der Waals surface area contributed by atoms with E-state index in [1.54, 1.807) is 11.2 Å². The van der Waals surface area contributed by atoms with Gasteiger partial charge >= 0.3 is 0 Å². The molecule has 7 heteroatoms. The Balaban J connectivity index is 1.73. The van der Waals surface area contributed by atoms with Gasteiger partial charge in [-0.05, 0) is 0 Å². The van der Waals surface area contributed by atoms with Crippen LogP contribution in [0, 0.1) is 0 Å². The second kappa shape index (κ2) is 4.25. The number of carbonyl (C=O) groups excluding carboxylic acids is 2. The summed E-state index contributed by atoms with van der Waals surface area (Å²) in [5.41, 5.74) is 4.78. The number of imidazole rings is 1. The molecule has 1 aromatic heterocycles. The summed E-state index contributed by atoms with van der Waals surface area (Å²) in [5, 5.41) is 3.83. The van der Waals surface area contributed by atoms with Crippen LogP contribution in [0.2, 0.25) is 0 Å². The van der Waals surface area contributed by atoms with Gasteiger partial charge in [0.25, 0.3) is 5.91 Å². The van der Waals surface area contributed by atoms with E-state index in [1.165, 1.54) is 0 Å². The average molecular weight is 247 g/mol. The largest absolute Gasteiger partial charge is 0.347 e. The van der Waals surface area contributed by atoms with Gasteiger partial charge in [0.1, 0.15) is 5.71 Å². The van der Waals surface area contributed by atoms with E-state index in [1.807, 2.05) is 0 Å². The third-order valence-corrected chi connectivity index (χ3v) is 3.21. The molecule has 94 valence electrons. The van der Waals surface area contributed by atoms with E-state index in [2.05, 4.69) is 20.5 Å². The maximum atomic E-state index is 12.2. The fourth-order valence-corrected chi connectivity index (χ4v) is 2.20. The Labute approximate surface area is 103 Å². The summed E-state index contributed by atoms with van der Waals surface area (Å²) in [6, 6.07) is 0. The van der Waals surface area contributed by atoms with Crippen molar-refractivity contribution < 1.29 is 9.59 Å². The molecule has 0 fully saturated rings. The zero-order chi connectivity index (χ0) is 12.5. The second-order valence-electron chi connectivity index (χ2n) is 4.40. The van der Waals surface area contributed by atoms with Crippen molar-refractivity contribution in [2.45, 2.75) is 25.8 Å². The molecule has 3 rings (SSSR count). The fraction of sp³-hybridized carbons (Fsp3) is 0.455. The van der Waals surface area contributed by atoms with Crippen LogP contribution < -0.4 is 5.43 Å². The number of rotatable bonds is 1. The Bertz CT molecular complexity index is 533. The van der Waals surface area contributed by atoms with Crippen molar-refractivity contribution in [3.63, 3.8) is 0 Å². The number of amides is 2. The molecule has 0 aliphatic carbocycles. The number of aromatic nitrogens is 2. The van der Waals surface area contributed by atoms with E-state index in [4.69, 9.17) is 0 Å². The molecule has 0 atom stereocenters. The van der Waals surface area contributed by atoms with Crippen LogP contribution in [0.1, 0.15) is 24.2 Å². The molecular formula is C11H13N5O2. The molecule has 1 aromatic rings. The predicted octanol–water partition coefficient (Wildman–Crippen LogP) is -0.440. The van der Waals surface area contributed by atoms with E-state index in [-0.39, 0.29) is 11.8 Å². The van der Waals surface area contributed by atoms with E-state index >= 15 is 0 Å². The van der Waals surface area contributed by atoms with Gasteiger partial charge in [-0.15, -0.1) is 0 Å². The van der Waals surface area contributed by atoms with Crippen molar-refractivity contribution in [3.8, 4) is 0 Å². The van der Waals surface area contributed by atoms with Gasteiger partial charge in [-0.2, -0.15) is 5.10 Å². The van der Waals surface area contributed by atoms with E-state index in [0.29, 0.717) is 31.6 Å². The molecule has 0 saturated heterocycles. The standard InChI is InChI=1S/C11H13N5O2/c17-10-2-1-8(14-15-10)11(18)16-4-3-7-9(5-16)13-6-12-7/h6H,1-5H2,(H,12,13)(H,15,17). The maximum Gasteiger partial charge on any atom is 0.270 e. The first-order valence-corrected chi connectivity index (χ1v) is 5.90. The molecule has 0 unspecified atom stereocenters. The molecule has 18 heavy (non-hydrogen) atoms. The Morgan fingerprint density at radius 1 is 1.33 bits per heavy atom. The van der Waals surface area contributed by atoms with Crippen molar-refractivity contribution in [3.05, 3.63) is 17.7 Å². The molecular weight excluding hydrogens is 234 g/mol. The molecule has 0 aromatic carbocycles. The highest BCUT2D eigenvalue weighted by Gasteiger charge is 2.27. The van der Waals surface area contributed by atoms with Crippen LogP contribution in [0.4, 0.5) is 0 Å². The minimum Gasteiger partial charge on any atom is -0.347 e.